The van der Waals surface area contributed by atoms with Crippen LogP contribution in [0.3, 0.4) is 0 Å². The summed E-state index contributed by atoms with van der Waals surface area (Å²) in [5, 5.41) is 10.4. The maximum absolute atomic E-state index is 14.1. The average molecular weight is 483 g/mol. The molecule has 0 aliphatic heterocycles. The largest absolute Gasteiger partial charge is 0.493 e. The van der Waals surface area contributed by atoms with Gasteiger partial charge in [0.1, 0.15) is 11.3 Å². The van der Waals surface area contributed by atoms with E-state index in [1.54, 1.807) is 0 Å². The van der Waals surface area contributed by atoms with Crippen LogP contribution >= 0.6 is 0 Å². The fraction of sp³-hybridized carbons (Fsp3) is 0.261. The van der Waals surface area contributed by atoms with Crippen LogP contribution in [-0.4, -0.2) is 40.2 Å². The van der Waals surface area contributed by atoms with E-state index < -0.39 is 46.9 Å². The molecule has 0 spiro atoms. The summed E-state index contributed by atoms with van der Waals surface area (Å²) < 4.78 is 89.1. The first kappa shape index (κ1) is 25.2. The van der Waals surface area contributed by atoms with Gasteiger partial charge in [0, 0.05) is 35.8 Å². The molecule has 180 valence electrons. The number of halogens is 6. The van der Waals surface area contributed by atoms with Gasteiger partial charge in [-0.1, -0.05) is 18.2 Å². The second-order valence-corrected chi connectivity index (χ2v) is 7.36. The zero-order valence-electron chi connectivity index (χ0n) is 18.2. The lowest BCUT2D eigenvalue weighted by Crippen LogP contribution is -2.46. The lowest BCUT2D eigenvalue weighted by atomic mass is 9.90. The number of para-hydroxylation sites is 1. The molecule has 0 radical (unpaired) electrons. The lowest BCUT2D eigenvalue weighted by Gasteiger charge is -2.28. The highest BCUT2D eigenvalue weighted by atomic mass is 19.4. The van der Waals surface area contributed by atoms with Crippen molar-refractivity contribution in [3.63, 3.8) is 0 Å². The molecule has 1 unspecified atom stereocenters. The van der Waals surface area contributed by atoms with E-state index in [0.29, 0.717) is 6.07 Å². The molecule has 5 nitrogen and oxygen atoms in total. The average Bonchev–Trinajstić information content (AvgIpc) is 2.78. The zero-order valence-corrected chi connectivity index (χ0v) is 18.2. The van der Waals surface area contributed by atoms with Crippen molar-refractivity contribution in [1.82, 2.24) is 9.97 Å². The molecule has 0 bridgehead atoms. The number of hydrogen-bond donors (Lipinski definition) is 1. The molecule has 0 aliphatic rings. The smallest absolute Gasteiger partial charge is 0.422 e. The lowest BCUT2D eigenvalue weighted by molar-refractivity contribution is -0.226. The molecule has 0 fully saturated rings. The summed E-state index contributed by atoms with van der Waals surface area (Å²) in [5.74, 6) is -3.67. The van der Waals surface area contributed by atoms with Crippen LogP contribution in [0.4, 0.5) is 32.0 Å². The molecule has 1 heterocycles. The summed E-state index contributed by atoms with van der Waals surface area (Å²) in [6.07, 6.45) is -3.74. The number of hydrogen-bond acceptors (Lipinski definition) is 5. The highest BCUT2D eigenvalue weighted by Gasteiger charge is 2.53. The minimum Gasteiger partial charge on any atom is -0.493 e. The molecule has 0 saturated carbocycles. The van der Waals surface area contributed by atoms with Crippen LogP contribution in [0.5, 0.6) is 5.75 Å². The summed E-state index contributed by atoms with van der Waals surface area (Å²) >= 11 is 0. The summed E-state index contributed by atoms with van der Waals surface area (Å²) in [5.41, 5.74) is -4.51. The van der Waals surface area contributed by atoms with Crippen molar-refractivity contribution >= 4 is 28.4 Å². The number of aromatic nitrogens is 2. The summed E-state index contributed by atoms with van der Waals surface area (Å²) in [6.45, 7) is 2.84. The van der Waals surface area contributed by atoms with E-state index in [2.05, 4.69) is 15.0 Å². The van der Waals surface area contributed by atoms with Crippen LogP contribution in [0, 0.1) is 24.4 Å². The monoisotopic (exact) mass is 483 g/mol. The first-order valence-corrected chi connectivity index (χ1v) is 9.85. The van der Waals surface area contributed by atoms with Gasteiger partial charge < -0.3 is 9.84 Å². The topological polar surface area (TPSA) is 67.6 Å². The van der Waals surface area contributed by atoms with Gasteiger partial charge in [-0.2, -0.15) is 13.2 Å². The van der Waals surface area contributed by atoms with Crippen LogP contribution in [-0.2, 0) is 0 Å². The number of alkyl halides is 3. The summed E-state index contributed by atoms with van der Waals surface area (Å²) in [6, 6.07) is 4.28. The van der Waals surface area contributed by atoms with E-state index in [9.17, 15) is 31.4 Å². The van der Waals surface area contributed by atoms with Crippen molar-refractivity contribution in [2.75, 3.05) is 7.11 Å². The van der Waals surface area contributed by atoms with E-state index >= 15 is 0 Å². The Hall–Kier alpha value is -3.47. The zero-order chi connectivity index (χ0) is 25.3. The highest BCUT2D eigenvalue weighted by Crippen LogP contribution is 2.40. The third kappa shape index (κ3) is 4.74. The molecule has 1 N–H and O–H groups in total. The number of benzene rings is 2. The van der Waals surface area contributed by atoms with Crippen molar-refractivity contribution in [3.05, 3.63) is 65.4 Å². The van der Waals surface area contributed by atoms with Gasteiger partial charge in [0.05, 0.1) is 12.8 Å². The molecule has 0 amide bonds. The number of aliphatic hydroxyl groups is 1. The number of allylic oxidation sites excluding steroid dienone is 1. The third-order valence-electron chi connectivity index (χ3n) is 5.10. The number of aryl methyl sites for hydroxylation is 1. The van der Waals surface area contributed by atoms with Crippen molar-refractivity contribution in [1.29, 1.82) is 0 Å². The predicted molar refractivity (Wildman–Crippen MR) is 115 cm³/mol. The number of methoxy groups -OCH3 is 1. The first-order chi connectivity index (χ1) is 15.9. The van der Waals surface area contributed by atoms with Crippen molar-refractivity contribution < 1.29 is 36.2 Å². The minimum atomic E-state index is -5.23. The maximum atomic E-state index is 14.1. The molecule has 34 heavy (non-hydrogen) atoms. The van der Waals surface area contributed by atoms with Crippen LogP contribution in [0.25, 0.3) is 16.5 Å². The molecular formula is C23H19F6N3O2. The molecule has 0 saturated heterocycles. The molecule has 1 aromatic heterocycles. The van der Waals surface area contributed by atoms with Gasteiger partial charge in [-0.15, -0.1) is 0 Å². The normalized spacial score (nSPS) is 14.6. The molecule has 3 aromatic rings. The fourth-order valence-corrected chi connectivity index (χ4v) is 3.31. The van der Waals surface area contributed by atoms with E-state index in [1.165, 1.54) is 32.1 Å². The summed E-state index contributed by atoms with van der Waals surface area (Å²) in [4.78, 5) is 11.3. The van der Waals surface area contributed by atoms with Gasteiger partial charge in [0.2, 0.25) is 0 Å². The Kier molecular flexibility index (Phi) is 6.97. The maximum Gasteiger partial charge on any atom is 0.422 e. The number of ether oxygens (including phenoxy) is 1. The Balaban J connectivity index is 2.10. The number of aliphatic imine (C=N–C) groups is 1. The van der Waals surface area contributed by atoms with E-state index in [4.69, 9.17) is 4.74 Å². The molecular weight excluding hydrogens is 464 g/mol. The highest BCUT2D eigenvalue weighted by molar-refractivity contribution is 5.92. The minimum absolute atomic E-state index is 0.00299. The first-order valence-electron chi connectivity index (χ1n) is 9.85. The predicted octanol–water partition coefficient (Wildman–Crippen LogP) is 5.85. The van der Waals surface area contributed by atoms with Gasteiger partial charge >= 0.3 is 6.18 Å². The second kappa shape index (κ2) is 9.41. The number of rotatable bonds is 6. The van der Waals surface area contributed by atoms with Gasteiger partial charge in [0.25, 0.3) is 0 Å². The Morgan fingerprint density at radius 2 is 1.88 bits per heavy atom. The summed E-state index contributed by atoms with van der Waals surface area (Å²) in [7, 11) is 1.16. The number of fused-ring (bicyclic) bond motifs is 1. The van der Waals surface area contributed by atoms with Crippen LogP contribution in [0.1, 0.15) is 24.7 Å². The molecule has 0 aliphatic carbocycles. The van der Waals surface area contributed by atoms with Crippen molar-refractivity contribution in [3.8, 4) is 5.75 Å². The SMILES string of the molecule is CC=C(CC(O)(C=Nc1cc(F)c(F)c2nc(C)ncc12)C(F)(F)F)c1cccc(F)c1OC. The van der Waals surface area contributed by atoms with Crippen LogP contribution in [0.2, 0.25) is 0 Å². The van der Waals surface area contributed by atoms with Crippen molar-refractivity contribution in [2.45, 2.75) is 32.0 Å². The molecule has 3 rings (SSSR count). The quantitative estimate of drug-likeness (QED) is 0.353. The Morgan fingerprint density at radius 3 is 2.50 bits per heavy atom. The fourth-order valence-electron chi connectivity index (χ4n) is 3.31. The van der Waals surface area contributed by atoms with E-state index in [1.807, 2.05) is 0 Å². The second-order valence-electron chi connectivity index (χ2n) is 7.36. The Labute approximate surface area is 190 Å². The van der Waals surface area contributed by atoms with Crippen LogP contribution in [0.15, 0.2) is 41.5 Å². The van der Waals surface area contributed by atoms with Gasteiger partial charge in [-0.3, -0.25) is 4.99 Å². The van der Waals surface area contributed by atoms with Crippen molar-refractivity contribution in [2.24, 2.45) is 4.99 Å². The molecule has 2 aromatic carbocycles. The number of nitrogens with zero attached hydrogens (tertiary/aromatic N) is 3. The van der Waals surface area contributed by atoms with E-state index in [0.717, 1.165) is 19.4 Å². The molecule has 1 atom stereocenters. The van der Waals surface area contributed by atoms with Crippen LogP contribution < -0.4 is 4.74 Å². The van der Waals surface area contributed by atoms with E-state index in [-0.39, 0.29) is 34.3 Å². The van der Waals surface area contributed by atoms with Gasteiger partial charge in [-0.05, 0) is 25.5 Å². The Morgan fingerprint density at radius 1 is 1.18 bits per heavy atom. The third-order valence-corrected chi connectivity index (χ3v) is 5.10. The van der Waals surface area contributed by atoms with Gasteiger partial charge in [-0.25, -0.2) is 23.1 Å². The standard InChI is InChI=1S/C23H19F6N3O2/c1-4-13(14-6-5-7-16(24)21(14)34-3)9-22(33,23(27,28)29)11-31-18-8-17(25)19(26)20-15(18)10-30-12(2)32-20/h4-8,10-11,33H,9H2,1-3H3. The molecule has 11 heteroatoms. The van der Waals surface area contributed by atoms with Gasteiger partial charge in [0.15, 0.2) is 28.8 Å². The Bertz CT molecular complexity index is 1290.